The Morgan fingerprint density at radius 3 is 2.54 bits per heavy atom. The van der Waals surface area contributed by atoms with Gasteiger partial charge in [0.25, 0.3) is 0 Å². The van der Waals surface area contributed by atoms with Gasteiger partial charge in [0.2, 0.25) is 0 Å². The highest BCUT2D eigenvalue weighted by Crippen LogP contribution is 2.34. The van der Waals surface area contributed by atoms with Crippen molar-refractivity contribution in [1.29, 1.82) is 0 Å². The maximum atomic E-state index is 12.2. The molecule has 5 heteroatoms. The molecule has 0 aliphatic heterocycles. The molecule has 26 heavy (non-hydrogen) atoms. The van der Waals surface area contributed by atoms with Crippen molar-refractivity contribution in [3.05, 3.63) is 12.2 Å². The van der Waals surface area contributed by atoms with Crippen molar-refractivity contribution < 1.29 is 24.9 Å². The minimum atomic E-state index is -0.766. The Morgan fingerprint density at radius 2 is 1.85 bits per heavy atom. The largest absolute Gasteiger partial charge is 0.481 e. The highest BCUT2D eigenvalue weighted by molar-refractivity contribution is 5.84. The van der Waals surface area contributed by atoms with E-state index >= 15 is 0 Å². The molecule has 0 spiro atoms. The van der Waals surface area contributed by atoms with Crippen LogP contribution in [0.4, 0.5) is 0 Å². The van der Waals surface area contributed by atoms with Crippen molar-refractivity contribution in [2.45, 2.75) is 96.2 Å². The Balaban J connectivity index is 2.37. The first kappa shape index (κ1) is 22.8. The van der Waals surface area contributed by atoms with Crippen LogP contribution < -0.4 is 0 Å². The summed E-state index contributed by atoms with van der Waals surface area (Å²) in [7, 11) is 0. The second-order valence-electron chi connectivity index (χ2n) is 7.57. The highest BCUT2D eigenvalue weighted by atomic mass is 16.4. The topological polar surface area (TPSA) is 94.8 Å². The summed E-state index contributed by atoms with van der Waals surface area (Å²) in [6, 6.07) is 0. The fraction of sp³-hybridized carbons (Fsp3) is 0.810. The molecule has 1 aliphatic rings. The van der Waals surface area contributed by atoms with Crippen LogP contribution in [0.25, 0.3) is 0 Å². The Morgan fingerprint density at radius 1 is 1.15 bits per heavy atom. The van der Waals surface area contributed by atoms with Crippen molar-refractivity contribution in [2.75, 3.05) is 0 Å². The summed E-state index contributed by atoms with van der Waals surface area (Å²) in [5.74, 6) is -1.03. The van der Waals surface area contributed by atoms with E-state index < -0.39 is 18.2 Å². The average molecular weight is 369 g/mol. The number of aliphatic carboxylic acids is 1. The Kier molecular flexibility index (Phi) is 11.5. The van der Waals surface area contributed by atoms with Crippen LogP contribution in [-0.4, -0.2) is 39.3 Å². The molecule has 1 saturated carbocycles. The van der Waals surface area contributed by atoms with Crippen LogP contribution in [0.15, 0.2) is 12.2 Å². The van der Waals surface area contributed by atoms with E-state index in [1.165, 1.54) is 12.8 Å². The molecule has 0 aromatic heterocycles. The first-order valence-electron chi connectivity index (χ1n) is 10.2. The average Bonchev–Trinajstić information content (AvgIpc) is 2.85. The monoisotopic (exact) mass is 368 g/mol. The molecule has 150 valence electrons. The van der Waals surface area contributed by atoms with E-state index in [0.29, 0.717) is 6.42 Å². The van der Waals surface area contributed by atoms with Crippen LogP contribution in [0.3, 0.4) is 0 Å². The number of carbonyl (C=O) groups is 2. The van der Waals surface area contributed by atoms with Crippen LogP contribution in [0.1, 0.15) is 84.0 Å². The first-order chi connectivity index (χ1) is 12.5. The molecule has 4 atom stereocenters. The summed E-state index contributed by atoms with van der Waals surface area (Å²) in [6.07, 6.45) is 12.0. The normalized spacial score (nSPS) is 24.4. The lowest BCUT2D eigenvalue weighted by molar-refractivity contribution is -0.137. The number of carbonyl (C=O) groups excluding carboxylic acids is 1. The van der Waals surface area contributed by atoms with Crippen LogP contribution in [0, 0.1) is 11.8 Å². The predicted molar refractivity (Wildman–Crippen MR) is 102 cm³/mol. The summed E-state index contributed by atoms with van der Waals surface area (Å²) >= 11 is 0. The summed E-state index contributed by atoms with van der Waals surface area (Å²) in [5.41, 5.74) is 0. The van der Waals surface area contributed by atoms with E-state index in [4.69, 9.17) is 5.11 Å². The lowest BCUT2D eigenvalue weighted by Crippen LogP contribution is -2.19. The van der Waals surface area contributed by atoms with E-state index in [1.54, 1.807) is 6.08 Å². The summed E-state index contributed by atoms with van der Waals surface area (Å²) in [4.78, 5) is 22.6. The van der Waals surface area contributed by atoms with Gasteiger partial charge in [0, 0.05) is 24.7 Å². The van der Waals surface area contributed by atoms with Gasteiger partial charge in [0.1, 0.15) is 5.78 Å². The van der Waals surface area contributed by atoms with E-state index in [0.717, 1.165) is 44.9 Å². The molecule has 0 heterocycles. The number of aliphatic hydroxyl groups is 2. The zero-order valence-corrected chi connectivity index (χ0v) is 16.1. The van der Waals surface area contributed by atoms with Crippen molar-refractivity contribution >= 4 is 11.8 Å². The number of hydrogen-bond donors (Lipinski definition) is 3. The Bertz CT molecular complexity index is 446. The van der Waals surface area contributed by atoms with Gasteiger partial charge in [-0.1, -0.05) is 64.0 Å². The molecule has 0 radical (unpaired) electrons. The predicted octanol–water partition coefficient (Wildman–Crippen LogP) is 3.87. The summed E-state index contributed by atoms with van der Waals surface area (Å²) < 4.78 is 0. The molecule has 1 rings (SSSR count). The number of Topliss-reactive ketones (excluding diaryl/α,β-unsaturated/α-hetero) is 1. The van der Waals surface area contributed by atoms with Gasteiger partial charge < -0.3 is 15.3 Å². The Labute approximate surface area is 157 Å². The molecule has 1 unspecified atom stereocenters. The van der Waals surface area contributed by atoms with Gasteiger partial charge in [-0.25, -0.2) is 0 Å². The molecule has 1 fully saturated rings. The SMILES string of the molecule is CCCCCC[C@H](O)/C=C/C1[C@H](O)CC(=O)[C@@H]1CCCCCCC(=O)O. The molecule has 0 amide bonds. The van der Waals surface area contributed by atoms with Crippen molar-refractivity contribution in [3.63, 3.8) is 0 Å². The van der Waals surface area contributed by atoms with Crippen LogP contribution >= 0.6 is 0 Å². The minimum Gasteiger partial charge on any atom is -0.481 e. The summed E-state index contributed by atoms with van der Waals surface area (Å²) in [6.45, 7) is 2.15. The van der Waals surface area contributed by atoms with E-state index in [2.05, 4.69) is 6.92 Å². The van der Waals surface area contributed by atoms with Crippen LogP contribution in [-0.2, 0) is 9.59 Å². The van der Waals surface area contributed by atoms with E-state index in [1.807, 2.05) is 6.08 Å². The smallest absolute Gasteiger partial charge is 0.303 e. The van der Waals surface area contributed by atoms with Gasteiger partial charge in [-0.3, -0.25) is 9.59 Å². The number of rotatable bonds is 14. The van der Waals surface area contributed by atoms with Gasteiger partial charge in [-0.15, -0.1) is 0 Å². The quantitative estimate of drug-likeness (QED) is 0.320. The fourth-order valence-corrected chi connectivity index (χ4v) is 3.72. The second kappa shape index (κ2) is 13.0. The van der Waals surface area contributed by atoms with Crippen molar-refractivity contribution in [1.82, 2.24) is 0 Å². The van der Waals surface area contributed by atoms with Gasteiger partial charge >= 0.3 is 5.97 Å². The van der Waals surface area contributed by atoms with Gasteiger partial charge in [0.05, 0.1) is 12.2 Å². The summed E-state index contributed by atoms with van der Waals surface area (Å²) in [5, 5.41) is 28.9. The molecule has 1 aliphatic carbocycles. The zero-order chi connectivity index (χ0) is 19.4. The van der Waals surface area contributed by atoms with Crippen LogP contribution in [0.5, 0.6) is 0 Å². The Hall–Kier alpha value is -1.20. The highest BCUT2D eigenvalue weighted by Gasteiger charge is 2.39. The lowest BCUT2D eigenvalue weighted by atomic mass is 9.88. The molecule has 3 N–H and O–H groups in total. The maximum absolute atomic E-state index is 12.2. The second-order valence-corrected chi connectivity index (χ2v) is 7.57. The third kappa shape index (κ3) is 8.95. The van der Waals surface area contributed by atoms with Crippen molar-refractivity contribution in [3.8, 4) is 0 Å². The van der Waals surface area contributed by atoms with Gasteiger partial charge in [-0.05, 0) is 19.3 Å². The third-order valence-corrected chi connectivity index (χ3v) is 5.30. The van der Waals surface area contributed by atoms with E-state index in [-0.39, 0.29) is 30.5 Å². The molecular formula is C21H36O5. The number of carboxylic acids is 1. The zero-order valence-electron chi connectivity index (χ0n) is 16.1. The van der Waals surface area contributed by atoms with Gasteiger partial charge in [-0.2, -0.15) is 0 Å². The number of unbranched alkanes of at least 4 members (excludes halogenated alkanes) is 6. The molecule has 0 saturated heterocycles. The van der Waals surface area contributed by atoms with E-state index in [9.17, 15) is 19.8 Å². The standard InChI is InChI=1S/C21H36O5/c1-2-3-4-7-10-16(22)13-14-18-17(19(23)15-20(18)24)11-8-5-6-9-12-21(25)26/h13-14,16-18,20,22,24H,2-12,15H2,1H3,(H,25,26)/b14-13+/t16-,17+,18?,20+/m0/s1. The fourth-order valence-electron chi connectivity index (χ4n) is 3.72. The molecule has 5 nitrogen and oxygen atoms in total. The number of ketones is 1. The number of carboxylic acid groups (broad SMARTS) is 1. The molecular weight excluding hydrogens is 332 g/mol. The van der Waals surface area contributed by atoms with Gasteiger partial charge in [0.15, 0.2) is 0 Å². The minimum absolute atomic E-state index is 0.107. The first-order valence-corrected chi connectivity index (χ1v) is 10.2. The van der Waals surface area contributed by atoms with Crippen LogP contribution in [0.2, 0.25) is 0 Å². The van der Waals surface area contributed by atoms with Crippen molar-refractivity contribution in [2.24, 2.45) is 11.8 Å². The molecule has 0 aromatic carbocycles. The molecule has 0 bridgehead atoms. The number of hydrogen-bond acceptors (Lipinski definition) is 4. The third-order valence-electron chi connectivity index (χ3n) is 5.30. The number of aliphatic hydroxyl groups excluding tert-OH is 2. The maximum Gasteiger partial charge on any atom is 0.303 e. The lowest BCUT2D eigenvalue weighted by Gasteiger charge is -2.18. The molecule has 0 aromatic rings.